The third-order valence-corrected chi connectivity index (χ3v) is 5.51. The maximum Gasteiger partial charge on any atom is 0.251 e. The van der Waals surface area contributed by atoms with Crippen LogP contribution in [0.25, 0.3) is 11.4 Å². The Bertz CT molecular complexity index is 1040. The van der Waals surface area contributed by atoms with Gasteiger partial charge < -0.3 is 15.2 Å². The van der Waals surface area contributed by atoms with Gasteiger partial charge in [-0.25, -0.2) is 0 Å². The molecule has 0 fully saturated rings. The van der Waals surface area contributed by atoms with Gasteiger partial charge in [-0.15, -0.1) is 10.2 Å². The van der Waals surface area contributed by atoms with Gasteiger partial charge in [0, 0.05) is 34.9 Å². The van der Waals surface area contributed by atoms with Gasteiger partial charge in [0.05, 0.1) is 5.75 Å². The first-order valence-electron chi connectivity index (χ1n) is 8.94. The molecule has 0 unspecified atom stereocenters. The molecular weight excluding hydrogens is 454 g/mol. The number of nitrogens with one attached hydrogen (secondary N) is 2. The SMILES string of the molecule is CCNC(=O)c1cccc(NC(=O)CSc2nnc(-c3cccc(Br)c3)n2C)c1. The summed E-state index contributed by atoms with van der Waals surface area (Å²) in [5.74, 6) is 0.548. The predicted molar refractivity (Wildman–Crippen MR) is 118 cm³/mol. The zero-order valence-electron chi connectivity index (χ0n) is 16.0. The molecule has 2 aromatic carbocycles. The van der Waals surface area contributed by atoms with Crippen molar-refractivity contribution in [1.82, 2.24) is 20.1 Å². The number of rotatable bonds is 7. The fourth-order valence-electron chi connectivity index (χ4n) is 2.65. The Morgan fingerprint density at radius 1 is 1.14 bits per heavy atom. The van der Waals surface area contributed by atoms with E-state index in [1.807, 2.05) is 42.8 Å². The normalized spacial score (nSPS) is 10.6. The predicted octanol–water partition coefficient (Wildman–Crippen LogP) is 3.73. The zero-order chi connectivity index (χ0) is 20.8. The maximum absolute atomic E-state index is 12.3. The second-order valence-corrected chi connectivity index (χ2v) is 8.01. The van der Waals surface area contributed by atoms with Crippen LogP contribution in [0.4, 0.5) is 5.69 Å². The van der Waals surface area contributed by atoms with Crippen molar-refractivity contribution in [3.63, 3.8) is 0 Å². The number of thioether (sulfide) groups is 1. The van der Waals surface area contributed by atoms with E-state index < -0.39 is 0 Å². The Morgan fingerprint density at radius 2 is 1.93 bits per heavy atom. The molecule has 1 aromatic heterocycles. The second-order valence-electron chi connectivity index (χ2n) is 6.15. The lowest BCUT2D eigenvalue weighted by molar-refractivity contribution is -0.113. The molecule has 2 amide bonds. The van der Waals surface area contributed by atoms with Gasteiger partial charge in [-0.3, -0.25) is 9.59 Å². The van der Waals surface area contributed by atoms with Gasteiger partial charge in [0.15, 0.2) is 11.0 Å². The summed E-state index contributed by atoms with van der Waals surface area (Å²) in [5, 5.41) is 14.6. The van der Waals surface area contributed by atoms with E-state index in [4.69, 9.17) is 0 Å². The Labute approximate surface area is 181 Å². The second kappa shape index (κ2) is 9.71. The average Bonchev–Trinajstić information content (AvgIpc) is 3.07. The number of amides is 2. The van der Waals surface area contributed by atoms with Crippen molar-refractivity contribution in [3.8, 4) is 11.4 Å². The van der Waals surface area contributed by atoms with Crippen molar-refractivity contribution in [2.24, 2.45) is 7.05 Å². The van der Waals surface area contributed by atoms with E-state index in [1.54, 1.807) is 24.3 Å². The topological polar surface area (TPSA) is 88.9 Å². The summed E-state index contributed by atoms with van der Waals surface area (Å²) in [6.45, 7) is 2.40. The molecule has 0 saturated heterocycles. The summed E-state index contributed by atoms with van der Waals surface area (Å²) < 4.78 is 2.82. The number of carbonyl (C=O) groups excluding carboxylic acids is 2. The molecule has 0 radical (unpaired) electrons. The molecule has 0 atom stereocenters. The van der Waals surface area contributed by atoms with Gasteiger partial charge >= 0.3 is 0 Å². The minimum absolute atomic E-state index is 0.169. The van der Waals surface area contributed by atoms with E-state index >= 15 is 0 Å². The van der Waals surface area contributed by atoms with E-state index in [0.717, 1.165) is 15.9 Å². The molecule has 7 nitrogen and oxygen atoms in total. The van der Waals surface area contributed by atoms with Crippen LogP contribution in [0, 0.1) is 0 Å². The summed E-state index contributed by atoms with van der Waals surface area (Å²) in [6.07, 6.45) is 0. The third-order valence-electron chi connectivity index (χ3n) is 4.00. The lowest BCUT2D eigenvalue weighted by Gasteiger charge is -2.08. The highest BCUT2D eigenvalue weighted by Crippen LogP contribution is 2.25. The van der Waals surface area contributed by atoms with Crippen LogP contribution in [-0.2, 0) is 11.8 Å². The molecule has 29 heavy (non-hydrogen) atoms. The van der Waals surface area contributed by atoms with Crippen LogP contribution in [0.15, 0.2) is 58.2 Å². The maximum atomic E-state index is 12.3. The van der Waals surface area contributed by atoms with E-state index in [-0.39, 0.29) is 17.6 Å². The minimum atomic E-state index is -0.185. The summed E-state index contributed by atoms with van der Waals surface area (Å²) in [5.41, 5.74) is 2.02. The van der Waals surface area contributed by atoms with Gasteiger partial charge in [-0.1, -0.05) is 45.9 Å². The van der Waals surface area contributed by atoms with Gasteiger partial charge in [-0.2, -0.15) is 0 Å². The molecule has 0 aliphatic heterocycles. The molecule has 2 N–H and O–H groups in total. The van der Waals surface area contributed by atoms with E-state index in [1.165, 1.54) is 11.8 Å². The summed E-state index contributed by atoms with van der Waals surface area (Å²) in [4.78, 5) is 24.3. The van der Waals surface area contributed by atoms with Gasteiger partial charge in [0.2, 0.25) is 5.91 Å². The van der Waals surface area contributed by atoms with Crippen molar-refractivity contribution in [2.75, 3.05) is 17.6 Å². The highest BCUT2D eigenvalue weighted by molar-refractivity contribution is 9.10. The van der Waals surface area contributed by atoms with Gasteiger partial charge in [0.25, 0.3) is 5.91 Å². The van der Waals surface area contributed by atoms with Gasteiger partial charge in [-0.05, 0) is 37.3 Å². The first-order valence-corrected chi connectivity index (χ1v) is 10.7. The Kier molecular flexibility index (Phi) is 7.05. The summed E-state index contributed by atoms with van der Waals surface area (Å²) >= 11 is 4.75. The highest BCUT2D eigenvalue weighted by Gasteiger charge is 2.14. The molecule has 0 saturated carbocycles. The average molecular weight is 474 g/mol. The number of benzene rings is 2. The number of carbonyl (C=O) groups is 2. The molecule has 150 valence electrons. The van der Waals surface area contributed by atoms with Crippen LogP contribution in [-0.4, -0.2) is 38.9 Å². The fourth-order valence-corrected chi connectivity index (χ4v) is 3.76. The van der Waals surface area contributed by atoms with Crippen LogP contribution >= 0.6 is 27.7 Å². The van der Waals surface area contributed by atoms with Crippen molar-refractivity contribution in [2.45, 2.75) is 12.1 Å². The Balaban J connectivity index is 1.62. The van der Waals surface area contributed by atoms with Crippen molar-refractivity contribution >= 4 is 45.2 Å². The lowest BCUT2D eigenvalue weighted by atomic mass is 10.2. The fraction of sp³-hybridized carbons (Fsp3) is 0.200. The molecule has 3 aromatic rings. The lowest BCUT2D eigenvalue weighted by Crippen LogP contribution is -2.23. The molecule has 9 heteroatoms. The molecule has 3 rings (SSSR count). The van der Waals surface area contributed by atoms with Crippen molar-refractivity contribution in [3.05, 3.63) is 58.6 Å². The standard InChI is InChI=1S/C20H20BrN5O2S/c1-3-22-19(28)14-7-5-9-16(11-14)23-17(27)12-29-20-25-24-18(26(20)2)13-6-4-8-15(21)10-13/h4-11H,3,12H2,1-2H3,(H,22,28)(H,23,27). The first-order chi connectivity index (χ1) is 14.0. The molecule has 0 aliphatic rings. The van der Waals surface area contributed by atoms with Crippen LogP contribution in [0.5, 0.6) is 0 Å². The quantitative estimate of drug-likeness (QED) is 0.510. The molecule has 0 bridgehead atoms. The number of anilines is 1. The Morgan fingerprint density at radius 3 is 2.69 bits per heavy atom. The largest absolute Gasteiger partial charge is 0.352 e. The van der Waals surface area contributed by atoms with Crippen LogP contribution in [0.3, 0.4) is 0 Å². The van der Waals surface area contributed by atoms with Crippen LogP contribution in [0.1, 0.15) is 17.3 Å². The number of hydrogen-bond donors (Lipinski definition) is 2. The number of hydrogen-bond acceptors (Lipinski definition) is 5. The van der Waals surface area contributed by atoms with Crippen molar-refractivity contribution in [1.29, 1.82) is 0 Å². The summed E-state index contributed by atoms with van der Waals surface area (Å²) in [7, 11) is 1.87. The summed E-state index contributed by atoms with van der Waals surface area (Å²) in [6, 6.07) is 14.6. The zero-order valence-corrected chi connectivity index (χ0v) is 18.4. The van der Waals surface area contributed by atoms with E-state index in [0.29, 0.717) is 23.0 Å². The number of nitrogens with zero attached hydrogens (tertiary/aromatic N) is 3. The van der Waals surface area contributed by atoms with E-state index in [9.17, 15) is 9.59 Å². The van der Waals surface area contributed by atoms with Crippen LogP contribution in [0.2, 0.25) is 0 Å². The van der Waals surface area contributed by atoms with E-state index in [2.05, 4.69) is 36.8 Å². The molecule has 0 aliphatic carbocycles. The van der Waals surface area contributed by atoms with Crippen molar-refractivity contribution < 1.29 is 9.59 Å². The monoisotopic (exact) mass is 473 g/mol. The molecule has 1 heterocycles. The molecule has 0 spiro atoms. The number of halogens is 1. The minimum Gasteiger partial charge on any atom is -0.352 e. The third kappa shape index (κ3) is 5.45. The first kappa shape index (κ1) is 21.1. The molecular formula is C20H20BrN5O2S. The van der Waals surface area contributed by atoms with Crippen LogP contribution < -0.4 is 10.6 Å². The smallest absolute Gasteiger partial charge is 0.251 e. The Hall–Kier alpha value is -2.65. The highest BCUT2D eigenvalue weighted by atomic mass is 79.9. The van der Waals surface area contributed by atoms with Gasteiger partial charge in [0.1, 0.15) is 0 Å². The number of aromatic nitrogens is 3.